The van der Waals surface area contributed by atoms with Crippen LogP contribution < -0.4 is 11.5 Å². The minimum atomic E-state index is -2.18. The molecule has 35 unspecified atom stereocenters. The van der Waals surface area contributed by atoms with Crippen LogP contribution in [-0.4, -0.2) is 381 Å². The van der Waals surface area contributed by atoms with Crippen LogP contribution in [0.25, 0.3) is 0 Å². The van der Waals surface area contributed by atoms with E-state index in [9.17, 15) is 97.0 Å². The third-order valence-corrected chi connectivity index (χ3v) is 20.0. The number of nitrogens with two attached hydrogens (primary N) is 2. The lowest BCUT2D eigenvalue weighted by molar-refractivity contribution is -0.395. The van der Waals surface area contributed by atoms with Crippen molar-refractivity contribution in [1.82, 2.24) is 0 Å². The zero-order chi connectivity index (χ0) is 66.8. The van der Waals surface area contributed by atoms with E-state index in [0.29, 0.717) is 23.8 Å². The number of thioether (sulfide) groups is 2. The first kappa shape index (κ1) is 76.6. The SMILES string of the molecule is CCCCCCCC(N)=NCCSCC1OC2OC3C(CO)CC(OC4C(CO)OC(OC5C(CSCCN)OC(OC6C(CO)OC(OC7C(CO)OC(OC8C(CO)OC(OC1C(O)C2O)C(O)C8O)C(O)C7O)C(O)C6O)C(O)C5O)C(O)C4O)C(O)C3O. The molecule has 92 heavy (non-hydrogen) atoms. The molecule has 14 bridgehead atoms. The van der Waals surface area contributed by atoms with Gasteiger partial charge in [0.15, 0.2) is 37.7 Å². The van der Waals surface area contributed by atoms with Crippen LogP contribution in [0.3, 0.4) is 0 Å². The molecule has 35 nitrogen and oxygen atoms in total. The largest absolute Gasteiger partial charge is 0.396 e. The quantitative estimate of drug-likeness (QED) is 0.0306. The summed E-state index contributed by atoms with van der Waals surface area (Å²) in [7, 11) is 0. The van der Waals surface area contributed by atoms with Gasteiger partial charge in [-0.05, 0) is 12.8 Å². The van der Waals surface area contributed by atoms with Gasteiger partial charge in [0.1, 0.15) is 146 Å². The zero-order valence-electron chi connectivity index (χ0n) is 50.7. The van der Waals surface area contributed by atoms with Crippen molar-refractivity contribution in [3.05, 3.63) is 0 Å². The van der Waals surface area contributed by atoms with Crippen molar-refractivity contribution in [3.63, 3.8) is 0 Å². The molecule has 20 saturated heterocycles. The van der Waals surface area contributed by atoms with Gasteiger partial charge in [0, 0.05) is 55.0 Å². The van der Waals surface area contributed by atoms with Crippen molar-refractivity contribution in [2.24, 2.45) is 22.4 Å². The normalized spacial score (nSPS) is 48.5. The maximum Gasteiger partial charge on any atom is 0.187 e. The molecule has 0 radical (unpaired) electrons. The van der Waals surface area contributed by atoms with Crippen LogP contribution in [0.1, 0.15) is 51.9 Å². The standard InChI is InChI=1S/C55H97N3O32S2/c1-2-3-4-5-6-7-28(57)58-9-11-92-19-27-49-35(70)41(76)54(83-27)85-43-20(13-59)12-21(29(64)30(43)65)78-44-22(14-60)79-52(37(72)31(44)66)89-48-26(18-91-10-8-56)84-55(42(77)36(48)71)88-47-25(17-63)81-51(39(74)33(47)68)86-45-23(15-61)80-50(38(73)32(45)67)87-46-24(16-62)82-53(90-49)40(75)34(46)69/h20-27,29-55,59-77H,2-19,56H2,1H3,(H2,57,58). The molecule has 1 aliphatic carbocycles. The maximum atomic E-state index is 11.9. The van der Waals surface area contributed by atoms with Crippen LogP contribution in [0.15, 0.2) is 4.99 Å². The summed E-state index contributed by atoms with van der Waals surface area (Å²) in [6.07, 6.45) is -58.8. The number of aliphatic hydroxyl groups excluding tert-OH is 19. The second-order valence-corrected chi connectivity index (χ2v) is 26.6. The lowest BCUT2D eigenvalue weighted by Gasteiger charge is -2.50. The number of hydrogen-bond donors (Lipinski definition) is 21. The zero-order valence-corrected chi connectivity index (χ0v) is 52.3. The fourth-order valence-corrected chi connectivity index (χ4v) is 14.3. The molecule has 21 aliphatic rings. The number of rotatable bonds is 20. The Morgan fingerprint density at radius 1 is 0.370 bits per heavy atom. The number of unbranched alkanes of at least 4 members (excludes halogenated alkanes) is 4. The van der Waals surface area contributed by atoms with Crippen LogP contribution in [0.5, 0.6) is 0 Å². The predicted octanol–water partition coefficient (Wildman–Crippen LogP) is -10.4. The van der Waals surface area contributed by atoms with Crippen molar-refractivity contribution in [1.29, 1.82) is 0 Å². The summed E-state index contributed by atoms with van der Waals surface area (Å²) in [5.41, 5.74) is 11.9. The average molecular weight is 1380 g/mol. The molecule has 35 atom stereocenters. The fraction of sp³-hybridized carbons (Fsp3) is 0.982. The minimum Gasteiger partial charge on any atom is -0.396 e. The molecule has 0 spiro atoms. The molecule has 20 heterocycles. The van der Waals surface area contributed by atoms with Gasteiger partial charge in [0.25, 0.3) is 0 Å². The Morgan fingerprint density at radius 3 is 1.03 bits per heavy atom. The molecule has 21 rings (SSSR count). The number of nitrogens with zero attached hydrogens (tertiary/aromatic N) is 1. The first-order chi connectivity index (χ1) is 44.0. The molecule has 20 aliphatic heterocycles. The molecule has 23 N–H and O–H groups in total. The lowest BCUT2D eigenvalue weighted by atomic mass is 9.80. The van der Waals surface area contributed by atoms with Gasteiger partial charge in [-0.2, -0.15) is 23.5 Å². The van der Waals surface area contributed by atoms with Gasteiger partial charge in [0.2, 0.25) is 0 Å². The summed E-state index contributed by atoms with van der Waals surface area (Å²) >= 11 is 2.39. The van der Waals surface area contributed by atoms with E-state index in [1.807, 2.05) is 0 Å². The molecular weight excluding hydrogens is 1280 g/mol. The Morgan fingerprint density at radius 2 is 0.685 bits per heavy atom. The monoisotopic (exact) mass is 1380 g/mol. The molecular formula is C55H97N3O32S2. The van der Waals surface area contributed by atoms with E-state index >= 15 is 0 Å². The van der Waals surface area contributed by atoms with E-state index < -0.39 is 248 Å². The highest BCUT2D eigenvalue weighted by atomic mass is 32.2. The van der Waals surface area contributed by atoms with Gasteiger partial charge in [-0.15, -0.1) is 0 Å². The Bertz CT molecular complexity index is 2200. The molecule has 0 aromatic rings. The Labute approximate surface area is 538 Å². The minimum absolute atomic E-state index is 0.0853. The predicted molar refractivity (Wildman–Crippen MR) is 311 cm³/mol. The summed E-state index contributed by atoms with van der Waals surface area (Å²) < 4.78 is 77.8. The van der Waals surface area contributed by atoms with E-state index in [1.54, 1.807) is 0 Å². The Balaban J connectivity index is 1.08. The van der Waals surface area contributed by atoms with Crippen molar-refractivity contribution in [3.8, 4) is 0 Å². The van der Waals surface area contributed by atoms with Gasteiger partial charge < -0.3 is 170 Å². The van der Waals surface area contributed by atoms with Crippen LogP contribution in [0.4, 0.5) is 0 Å². The topological polar surface area (TPSA) is 569 Å². The first-order valence-electron chi connectivity index (χ1n) is 31.3. The number of aliphatic imine (C=N–C) groups is 1. The third kappa shape index (κ3) is 17.7. The van der Waals surface area contributed by atoms with E-state index in [2.05, 4.69) is 11.9 Å². The maximum absolute atomic E-state index is 11.9. The summed E-state index contributed by atoms with van der Waals surface area (Å²) in [5, 5.41) is 216. The number of ether oxygens (including phenoxy) is 13. The first-order valence-corrected chi connectivity index (χ1v) is 33.6. The summed E-state index contributed by atoms with van der Waals surface area (Å²) in [6.45, 7) is -2.25. The van der Waals surface area contributed by atoms with E-state index in [-0.39, 0.29) is 31.0 Å². The number of amidine groups is 1. The molecule has 0 aromatic heterocycles. The van der Waals surface area contributed by atoms with E-state index in [0.717, 1.165) is 32.1 Å². The smallest absolute Gasteiger partial charge is 0.187 e. The van der Waals surface area contributed by atoms with Crippen molar-refractivity contribution in [2.75, 3.05) is 69.1 Å². The van der Waals surface area contributed by atoms with Gasteiger partial charge >= 0.3 is 0 Å². The summed E-state index contributed by atoms with van der Waals surface area (Å²) in [6, 6.07) is 0. The molecule has 0 amide bonds. The van der Waals surface area contributed by atoms with Gasteiger partial charge in [-0.25, -0.2) is 0 Å². The molecule has 21 fully saturated rings. The summed E-state index contributed by atoms with van der Waals surface area (Å²) in [4.78, 5) is 4.46. The summed E-state index contributed by atoms with van der Waals surface area (Å²) in [5.74, 6) is -0.296. The number of aliphatic hydroxyl groups is 19. The highest BCUT2D eigenvalue weighted by Gasteiger charge is 2.59. The van der Waals surface area contributed by atoms with Crippen LogP contribution in [0, 0.1) is 5.92 Å². The molecule has 1 saturated carbocycles. The van der Waals surface area contributed by atoms with Crippen molar-refractivity contribution in [2.45, 2.75) is 261 Å². The fourth-order valence-electron chi connectivity index (χ4n) is 12.6. The van der Waals surface area contributed by atoms with E-state index in [1.165, 1.54) is 23.5 Å². The molecule has 37 heteroatoms. The van der Waals surface area contributed by atoms with Crippen molar-refractivity contribution < 1.29 is 159 Å². The second-order valence-electron chi connectivity index (χ2n) is 24.3. The van der Waals surface area contributed by atoms with Crippen LogP contribution in [0.2, 0.25) is 0 Å². The lowest BCUT2D eigenvalue weighted by Crippen LogP contribution is -2.68. The number of hydrogen-bond acceptors (Lipinski definition) is 36. The van der Waals surface area contributed by atoms with Crippen LogP contribution >= 0.6 is 23.5 Å². The van der Waals surface area contributed by atoms with Gasteiger partial charge in [-0.3, -0.25) is 4.99 Å². The highest BCUT2D eigenvalue weighted by molar-refractivity contribution is 7.99. The Hall–Kier alpha value is -1.15. The van der Waals surface area contributed by atoms with Crippen molar-refractivity contribution >= 4 is 29.4 Å². The van der Waals surface area contributed by atoms with E-state index in [4.69, 9.17) is 73.0 Å². The third-order valence-electron chi connectivity index (χ3n) is 17.9. The van der Waals surface area contributed by atoms with Gasteiger partial charge in [0.05, 0.1) is 56.7 Å². The van der Waals surface area contributed by atoms with Crippen LogP contribution in [-0.2, 0) is 61.6 Å². The average Bonchev–Trinajstić information content (AvgIpc) is 0.800. The Kier molecular flexibility index (Phi) is 29.8. The highest BCUT2D eigenvalue weighted by Crippen LogP contribution is 2.41. The molecule has 536 valence electrons. The van der Waals surface area contributed by atoms with Gasteiger partial charge in [-0.1, -0.05) is 32.6 Å². The molecule has 0 aromatic carbocycles. The second kappa shape index (κ2) is 35.8.